The largest absolute Gasteiger partial charge is 0.398 e. The molecule has 2 aromatic rings. The van der Waals surface area contributed by atoms with Gasteiger partial charge in [-0.05, 0) is 36.8 Å². The molecule has 0 spiro atoms. The first-order chi connectivity index (χ1) is 8.38. The van der Waals surface area contributed by atoms with Crippen LogP contribution in [0, 0.1) is 6.92 Å². The summed E-state index contributed by atoms with van der Waals surface area (Å²) >= 11 is 4.43. The van der Waals surface area contributed by atoms with E-state index in [-0.39, 0.29) is 4.21 Å². The zero-order chi connectivity index (χ0) is 13.3. The third-order valence-electron chi connectivity index (χ3n) is 2.29. The molecule has 0 radical (unpaired) electrons. The van der Waals surface area contributed by atoms with Crippen LogP contribution in [0.5, 0.6) is 0 Å². The average molecular weight is 347 g/mol. The van der Waals surface area contributed by atoms with Crippen molar-refractivity contribution in [3.63, 3.8) is 0 Å². The number of nitrogens with one attached hydrogen (secondary N) is 1. The highest BCUT2D eigenvalue weighted by Crippen LogP contribution is 2.26. The van der Waals surface area contributed by atoms with Crippen molar-refractivity contribution in [1.29, 1.82) is 0 Å². The number of hydrogen-bond donors (Lipinski definition) is 2. The minimum atomic E-state index is -3.55. The lowest BCUT2D eigenvalue weighted by molar-refractivity contribution is 0.603. The van der Waals surface area contributed by atoms with Gasteiger partial charge in [0.15, 0.2) is 0 Å². The van der Waals surface area contributed by atoms with E-state index < -0.39 is 10.0 Å². The SMILES string of the molecule is Cc1cc(Br)ccc1NS(=O)(=O)c1cc(N)cs1. The summed E-state index contributed by atoms with van der Waals surface area (Å²) in [6.45, 7) is 1.84. The first kappa shape index (κ1) is 13.4. The Morgan fingerprint density at radius 1 is 1.33 bits per heavy atom. The van der Waals surface area contributed by atoms with Crippen LogP contribution in [0.4, 0.5) is 11.4 Å². The molecule has 1 aromatic heterocycles. The third-order valence-corrected chi connectivity index (χ3v) is 5.61. The Labute approximate surface area is 118 Å². The van der Waals surface area contributed by atoms with Gasteiger partial charge < -0.3 is 5.73 Å². The van der Waals surface area contributed by atoms with E-state index in [0.717, 1.165) is 21.4 Å². The maximum Gasteiger partial charge on any atom is 0.271 e. The predicted octanol–water partition coefficient (Wildman–Crippen LogP) is 3.20. The average Bonchev–Trinajstić information content (AvgIpc) is 2.70. The molecular weight excluding hydrogens is 336 g/mol. The molecule has 0 atom stereocenters. The van der Waals surface area contributed by atoms with Gasteiger partial charge in [0.05, 0.1) is 5.69 Å². The molecule has 0 aliphatic heterocycles. The van der Waals surface area contributed by atoms with Crippen LogP contribution >= 0.6 is 27.3 Å². The summed E-state index contributed by atoms with van der Waals surface area (Å²) in [5.74, 6) is 0. The fourth-order valence-corrected chi connectivity index (χ4v) is 4.09. The van der Waals surface area contributed by atoms with E-state index in [9.17, 15) is 8.42 Å². The van der Waals surface area contributed by atoms with Gasteiger partial charge in [-0.2, -0.15) is 0 Å². The fraction of sp³-hybridized carbons (Fsp3) is 0.0909. The molecule has 2 rings (SSSR count). The first-order valence-corrected chi connectivity index (χ1v) is 8.17. The van der Waals surface area contributed by atoms with Gasteiger partial charge in [0.2, 0.25) is 0 Å². The lowest BCUT2D eigenvalue weighted by Gasteiger charge is -2.09. The maximum atomic E-state index is 12.1. The van der Waals surface area contributed by atoms with Crippen molar-refractivity contribution >= 4 is 48.7 Å². The van der Waals surface area contributed by atoms with Gasteiger partial charge in [0.1, 0.15) is 4.21 Å². The Morgan fingerprint density at radius 2 is 2.06 bits per heavy atom. The van der Waals surface area contributed by atoms with Crippen LogP contribution in [0.1, 0.15) is 5.56 Å². The Kier molecular flexibility index (Phi) is 3.65. The van der Waals surface area contributed by atoms with E-state index >= 15 is 0 Å². The van der Waals surface area contributed by atoms with Crippen molar-refractivity contribution in [3.8, 4) is 0 Å². The van der Waals surface area contributed by atoms with Gasteiger partial charge in [-0.1, -0.05) is 15.9 Å². The van der Waals surface area contributed by atoms with Crippen LogP contribution in [0.15, 0.2) is 38.3 Å². The molecule has 4 nitrogen and oxygen atoms in total. The fourth-order valence-electron chi connectivity index (χ4n) is 1.41. The number of aryl methyl sites for hydroxylation is 1. The predicted molar refractivity (Wildman–Crippen MR) is 78.4 cm³/mol. The number of hydrogen-bond acceptors (Lipinski definition) is 4. The number of nitrogen functional groups attached to an aromatic ring is 1. The molecule has 0 amide bonds. The summed E-state index contributed by atoms with van der Waals surface area (Å²) in [4.78, 5) is 0. The molecule has 0 aliphatic carbocycles. The van der Waals surface area contributed by atoms with Crippen LogP contribution in [-0.4, -0.2) is 8.42 Å². The van der Waals surface area contributed by atoms with E-state index in [4.69, 9.17) is 5.73 Å². The van der Waals surface area contributed by atoms with Crippen LogP contribution in [-0.2, 0) is 10.0 Å². The standard InChI is InChI=1S/C11H11BrN2O2S2/c1-7-4-8(12)2-3-10(7)14-18(15,16)11-5-9(13)6-17-11/h2-6,14H,13H2,1H3. The molecule has 0 unspecified atom stereocenters. The normalized spacial score (nSPS) is 11.4. The summed E-state index contributed by atoms with van der Waals surface area (Å²) in [5.41, 5.74) is 7.39. The molecule has 0 saturated carbocycles. The smallest absolute Gasteiger partial charge is 0.271 e. The second kappa shape index (κ2) is 4.91. The van der Waals surface area contributed by atoms with Gasteiger partial charge in [-0.15, -0.1) is 11.3 Å². The molecule has 0 saturated heterocycles. The zero-order valence-corrected chi connectivity index (χ0v) is 12.7. The number of halogens is 1. The second-order valence-electron chi connectivity index (χ2n) is 3.76. The van der Waals surface area contributed by atoms with Crippen LogP contribution in [0.3, 0.4) is 0 Å². The molecule has 1 heterocycles. The number of anilines is 2. The van der Waals surface area contributed by atoms with E-state index in [1.165, 1.54) is 6.07 Å². The van der Waals surface area contributed by atoms with E-state index in [0.29, 0.717) is 11.4 Å². The summed E-state index contributed by atoms with van der Waals surface area (Å²) < 4.78 is 27.8. The van der Waals surface area contributed by atoms with Crippen LogP contribution in [0.2, 0.25) is 0 Å². The molecular formula is C11H11BrN2O2S2. The summed E-state index contributed by atoms with van der Waals surface area (Å²) in [5, 5.41) is 1.60. The highest BCUT2D eigenvalue weighted by atomic mass is 79.9. The number of thiophene rings is 1. The van der Waals surface area contributed by atoms with Crippen molar-refractivity contribution in [3.05, 3.63) is 39.7 Å². The van der Waals surface area contributed by atoms with E-state index in [2.05, 4.69) is 20.7 Å². The third kappa shape index (κ3) is 2.85. The Bertz CT molecular complexity index is 680. The van der Waals surface area contributed by atoms with Gasteiger partial charge in [-0.3, -0.25) is 4.72 Å². The highest BCUT2D eigenvalue weighted by molar-refractivity contribution is 9.10. The van der Waals surface area contributed by atoms with Gasteiger partial charge in [0, 0.05) is 15.5 Å². The zero-order valence-electron chi connectivity index (χ0n) is 9.48. The van der Waals surface area contributed by atoms with Crippen molar-refractivity contribution in [2.75, 3.05) is 10.5 Å². The van der Waals surface area contributed by atoms with Gasteiger partial charge in [0.25, 0.3) is 10.0 Å². The lowest BCUT2D eigenvalue weighted by atomic mass is 10.2. The van der Waals surface area contributed by atoms with Crippen LogP contribution in [0.25, 0.3) is 0 Å². The lowest BCUT2D eigenvalue weighted by Crippen LogP contribution is -2.12. The van der Waals surface area contributed by atoms with Crippen molar-refractivity contribution in [2.45, 2.75) is 11.1 Å². The van der Waals surface area contributed by atoms with Crippen molar-refractivity contribution < 1.29 is 8.42 Å². The van der Waals surface area contributed by atoms with Crippen LogP contribution < -0.4 is 10.5 Å². The molecule has 96 valence electrons. The summed E-state index contributed by atoms with van der Waals surface area (Å²) in [6, 6.07) is 6.80. The molecule has 7 heteroatoms. The molecule has 0 aliphatic rings. The molecule has 0 fully saturated rings. The molecule has 1 aromatic carbocycles. The van der Waals surface area contributed by atoms with Crippen molar-refractivity contribution in [1.82, 2.24) is 0 Å². The highest BCUT2D eigenvalue weighted by Gasteiger charge is 2.17. The number of benzene rings is 1. The van der Waals surface area contributed by atoms with E-state index in [1.54, 1.807) is 17.5 Å². The van der Waals surface area contributed by atoms with E-state index in [1.807, 2.05) is 13.0 Å². The quantitative estimate of drug-likeness (QED) is 0.896. The van der Waals surface area contributed by atoms with Gasteiger partial charge in [-0.25, -0.2) is 8.42 Å². The van der Waals surface area contributed by atoms with Crippen molar-refractivity contribution in [2.24, 2.45) is 0 Å². The Balaban J connectivity index is 2.33. The first-order valence-electron chi connectivity index (χ1n) is 5.01. The van der Waals surface area contributed by atoms with Gasteiger partial charge >= 0.3 is 0 Å². The number of nitrogens with two attached hydrogens (primary N) is 1. The second-order valence-corrected chi connectivity index (χ2v) is 7.50. The topological polar surface area (TPSA) is 72.2 Å². The number of rotatable bonds is 3. The summed E-state index contributed by atoms with van der Waals surface area (Å²) in [7, 11) is -3.55. The molecule has 3 N–H and O–H groups in total. The maximum absolute atomic E-state index is 12.1. The Hall–Kier alpha value is -1.05. The molecule has 0 bridgehead atoms. The minimum Gasteiger partial charge on any atom is -0.398 e. The number of sulfonamides is 1. The monoisotopic (exact) mass is 346 g/mol. The minimum absolute atomic E-state index is 0.210. The summed E-state index contributed by atoms with van der Waals surface area (Å²) in [6.07, 6.45) is 0. The Morgan fingerprint density at radius 3 is 2.61 bits per heavy atom. The molecule has 18 heavy (non-hydrogen) atoms.